The molecule has 1 aromatic carbocycles. The molecule has 0 spiro atoms. The van der Waals surface area contributed by atoms with Crippen LogP contribution in [0.2, 0.25) is 0 Å². The number of hydrogen-bond acceptors (Lipinski definition) is 3. The topological polar surface area (TPSA) is 35.5 Å². The van der Waals surface area contributed by atoms with Gasteiger partial charge in [-0.05, 0) is 12.0 Å². The van der Waals surface area contributed by atoms with Gasteiger partial charge in [-0.25, -0.2) is 0 Å². The quantitative estimate of drug-likeness (QED) is 0.850. The van der Waals surface area contributed by atoms with Gasteiger partial charge in [-0.15, -0.1) is 0 Å². The number of nitrogens with one attached hydrogen (secondary N) is 1. The highest BCUT2D eigenvalue weighted by Gasteiger charge is 2.27. The van der Waals surface area contributed by atoms with E-state index in [0.717, 1.165) is 32.6 Å². The van der Waals surface area contributed by atoms with E-state index in [9.17, 15) is 5.11 Å². The van der Waals surface area contributed by atoms with Crippen LogP contribution in [0.5, 0.6) is 0 Å². The van der Waals surface area contributed by atoms with Gasteiger partial charge in [0.25, 0.3) is 0 Å². The van der Waals surface area contributed by atoms with Crippen LogP contribution in [-0.2, 0) is 6.54 Å². The molecule has 19 heavy (non-hydrogen) atoms. The minimum atomic E-state index is -0.154. The molecule has 1 saturated heterocycles. The van der Waals surface area contributed by atoms with Gasteiger partial charge in [0.15, 0.2) is 0 Å². The number of piperidine rings is 1. The Morgan fingerprint density at radius 1 is 1.32 bits per heavy atom. The molecule has 2 N–H and O–H groups in total. The van der Waals surface area contributed by atoms with Crippen LogP contribution in [0.25, 0.3) is 0 Å². The molecule has 1 aliphatic heterocycles. The number of aliphatic hydroxyl groups is 1. The highest BCUT2D eigenvalue weighted by molar-refractivity contribution is 5.14. The number of likely N-dealkylation sites (tertiary alicyclic amines) is 1. The maximum Gasteiger partial charge on any atom is 0.0605 e. The molecule has 3 nitrogen and oxygen atoms in total. The number of benzene rings is 1. The van der Waals surface area contributed by atoms with Crippen LogP contribution in [0.15, 0.2) is 30.3 Å². The molecule has 0 aliphatic carbocycles. The van der Waals surface area contributed by atoms with E-state index in [0.29, 0.717) is 12.0 Å². The maximum atomic E-state index is 10.1. The van der Waals surface area contributed by atoms with Crippen LogP contribution in [-0.4, -0.2) is 41.8 Å². The van der Waals surface area contributed by atoms with Gasteiger partial charge in [-0.1, -0.05) is 44.2 Å². The second kappa shape index (κ2) is 7.04. The molecule has 2 rings (SSSR count). The molecular weight excluding hydrogens is 236 g/mol. The van der Waals surface area contributed by atoms with Crippen LogP contribution >= 0.6 is 0 Å². The fourth-order valence-electron chi connectivity index (χ4n) is 2.67. The van der Waals surface area contributed by atoms with Gasteiger partial charge in [-0.3, -0.25) is 4.90 Å². The normalized spacial score (nSPS) is 24.8. The lowest BCUT2D eigenvalue weighted by molar-refractivity contribution is 0.0233. The zero-order valence-corrected chi connectivity index (χ0v) is 12.0. The average Bonchev–Trinajstić information content (AvgIpc) is 2.40. The Hall–Kier alpha value is -0.900. The number of rotatable bonds is 5. The summed E-state index contributed by atoms with van der Waals surface area (Å²) in [6.45, 7) is 8.17. The predicted molar refractivity (Wildman–Crippen MR) is 79.0 cm³/mol. The van der Waals surface area contributed by atoms with E-state index in [-0.39, 0.29) is 6.10 Å². The third-order valence-corrected chi connectivity index (χ3v) is 3.82. The summed E-state index contributed by atoms with van der Waals surface area (Å²) < 4.78 is 0. The van der Waals surface area contributed by atoms with Crippen LogP contribution in [0.1, 0.15) is 25.8 Å². The lowest BCUT2D eigenvalue weighted by Gasteiger charge is -2.36. The van der Waals surface area contributed by atoms with Crippen LogP contribution < -0.4 is 5.32 Å². The van der Waals surface area contributed by atoms with Gasteiger partial charge in [0, 0.05) is 38.1 Å². The van der Waals surface area contributed by atoms with Crippen molar-refractivity contribution >= 4 is 0 Å². The molecule has 0 unspecified atom stereocenters. The van der Waals surface area contributed by atoms with Crippen molar-refractivity contribution in [3.05, 3.63) is 35.9 Å². The summed E-state index contributed by atoms with van der Waals surface area (Å²) >= 11 is 0. The standard InChI is InChI=1S/C16H26N2O/c1-13(2)17-10-15-12-18(9-8-16(15)19)11-14-6-4-3-5-7-14/h3-7,13,15-17,19H,8-12H2,1-2H3/t15-,16-/m1/s1. The predicted octanol–water partition coefficient (Wildman–Crippen LogP) is 1.87. The summed E-state index contributed by atoms with van der Waals surface area (Å²) in [5, 5.41) is 13.5. The van der Waals surface area contributed by atoms with Crippen molar-refractivity contribution in [2.24, 2.45) is 5.92 Å². The Bertz CT molecular complexity index is 366. The average molecular weight is 262 g/mol. The Balaban J connectivity index is 1.86. The SMILES string of the molecule is CC(C)NC[C@@H]1CN(Cc2ccccc2)CC[C@H]1O. The first-order chi connectivity index (χ1) is 9.15. The maximum absolute atomic E-state index is 10.1. The van der Waals surface area contributed by atoms with Gasteiger partial charge in [0.05, 0.1) is 6.10 Å². The van der Waals surface area contributed by atoms with E-state index in [1.807, 2.05) is 0 Å². The zero-order valence-electron chi connectivity index (χ0n) is 12.0. The molecule has 0 aromatic heterocycles. The molecule has 1 heterocycles. The van der Waals surface area contributed by atoms with Crippen molar-refractivity contribution in [3.8, 4) is 0 Å². The lowest BCUT2D eigenvalue weighted by atomic mass is 9.94. The second-order valence-electron chi connectivity index (χ2n) is 5.90. The molecule has 1 aromatic rings. The lowest BCUT2D eigenvalue weighted by Crippen LogP contribution is -2.47. The Labute approximate surface area is 116 Å². The fraction of sp³-hybridized carbons (Fsp3) is 0.625. The van der Waals surface area contributed by atoms with Crippen LogP contribution in [0.3, 0.4) is 0 Å². The number of aliphatic hydroxyl groups excluding tert-OH is 1. The summed E-state index contributed by atoms with van der Waals surface area (Å²) in [4.78, 5) is 2.45. The van der Waals surface area contributed by atoms with Gasteiger partial charge in [-0.2, -0.15) is 0 Å². The Morgan fingerprint density at radius 3 is 2.74 bits per heavy atom. The minimum Gasteiger partial charge on any atom is -0.393 e. The number of nitrogens with zero attached hydrogens (tertiary/aromatic N) is 1. The molecule has 106 valence electrons. The molecule has 0 bridgehead atoms. The summed E-state index contributed by atoms with van der Waals surface area (Å²) in [5.41, 5.74) is 1.36. The molecule has 0 radical (unpaired) electrons. The van der Waals surface area contributed by atoms with Crippen molar-refractivity contribution in [3.63, 3.8) is 0 Å². The van der Waals surface area contributed by atoms with E-state index in [1.165, 1.54) is 5.56 Å². The van der Waals surface area contributed by atoms with Crippen LogP contribution in [0, 0.1) is 5.92 Å². The first-order valence-corrected chi connectivity index (χ1v) is 7.33. The molecule has 1 fully saturated rings. The first-order valence-electron chi connectivity index (χ1n) is 7.33. The van der Waals surface area contributed by atoms with Crippen molar-refractivity contribution in [2.45, 2.75) is 39.0 Å². The van der Waals surface area contributed by atoms with Gasteiger partial charge in [0.2, 0.25) is 0 Å². The third kappa shape index (κ3) is 4.60. The van der Waals surface area contributed by atoms with E-state index < -0.39 is 0 Å². The highest BCUT2D eigenvalue weighted by Crippen LogP contribution is 2.19. The van der Waals surface area contributed by atoms with Crippen molar-refractivity contribution in [1.82, 2.24) is 10.2 Å². The Morgan fingerprint density at radius 2 is 2.05 bits per heavy atom. The summed E-state index contributed by atoms with van der Waals surface area (Å²) in [6.07, 6.45) is 0.732. The van der Waals surface area contributed by atoms with Gasteiger partial charge in [0.1, 0.15) is 0 Å². The third-order valence-electron chi connectivity index (χ3n) is 3.82. The summed E-state index contributed by atoms with van der Waals surface area (Å²) in [6, 6.07) is 11.1. The zero-order chi connectivity index (χ0) is 13.7. The highest BCUT2D eigenvalue weighted by atomic mass is 16.3. The number of hydrogen-bond donors (Lipinski definition) is 2. The minimum absolute atomic E-state index is 0.154. The molecule has 0 saturated carbocycles. The largest absolute Gasteiger partial charge is 0.393 e. The van der Waals surface area contributed by atoms with Crippen LogP contribution in [0.4, 0.5) is 0 Å². The molecule has 3 heteroatoms. The smallest absolute Gasteiger partial charge is 0.0605 e. The van der Waals surface area contributed by atoms with Crippen molar-refractivity contribution in [2.75, 3.05) is 19.6 Å². The molecule has 0 amide bonds. The summed E-state index contributed by atoms with van der Waals surface area (Å²) in [7, 11) is 0. The van der Waals surface area contributed by atoms with Gasteiger partial charge < -0.3 is 10.4 Å². The monoisotopic (exact) mass is 262 g/mol. The summed E-state index contributed by atoms with van der Waals surface area (Å²) in [5.74, 6) is 0.347. The first kappa shape index (κ1) is 14.5. The fourth-order valence-corrected chi connectivity index (χ4v) is 2.67. The van der Waals surface area contributed by atoms with Crippen molar-refractivity contribution < 1.29 is 5.11 Å². The van der Waals surface area contributed by atoms with Crippen molar-refractivity contribution in [1.29, 1.82) is 0 Å². The molecule has 1 aliphatic rings. The van der Waals surface area contributed by atoms with E-state index in [2.05, 4.69) is 54.4 Å². The second-order valence-corrected chi connectivity index (χ2v) is 5.90. The van der Waals surface area contributed by atoms with E-state index in [1.54, 1.807) is 0 Å². The Kier molecular flexibility index (Phi) is 5.37. The van der Waals surface area contributed by atoms with Gasteiger partial charge >= 0.3 is 0 Å². The molecular formula is C16H26N2O. The van der Waals surface area contributed by atoms with E-state index >= 15 is 0 Å². The molecule has 2 atom stereocenters. The van der Waals surface area contributed by atoms with E-state index in [4.69, 9.17) is 0 Å².